The number of aromatic nitrogens is 2. The molecule has 0 unspecified atom stereocenters. The first-order valence-corrected chi connectivity index (χ1v) is 5.65. The van der Waals surface area contributed by atoms with Crippen molar-refractivity contribution in [3.8, 4) is 0 Å². The second-order valence-electron chi connectivity index (χ2n) is 4.18. The fraction of sp³-hybridized carbons (Fsp3) is 0.182. The number of hydrogen-bond acceptors (Lipinski definition) is 5. The molecule has 112 valence electrons. The highest BCUT2D eigenvalue weighted by atomic mass is 19.4. The standard InChI is InChI=1S/C11H10F3N5O2/c12-11(13,14)8-4-16-18(6-8)5-7-1-2-10(19(20)21)9(3-7)17-15/h1-4,6,17H,5,15H2. The highest BCUT2D eigenvalue weighted by molar-refractivity contribution is 5.62. The Kier molecular flexibility index (Phi) is 3.80. The van der Waals surface area contributed by atoms with Gasteiger partial charge in [0.2, 0.25) is 0 Å². The van der Waals surface area contributed by atoms with Gasteiger partial charge in [-0.2, -0.15) is 18.3 Å². The molecule has 0 radical (unpaired) electrons. The molecule has 0 spiro atoms. The lowest BCUT2D eigenvalue weighted by molar-refractivity contribution is -0.384. The number of nitro groups is 1. The summed E-state index contributed by atoms with van der Waals surface area (Å²) in [7, 11) is 0. The molecule has 3 N–H and O–H groups in total. The van der Waals surface area contributed by atoms with E-state index in [2.05, 4.69) is 10.5 Å². The lowest BCUT2D eigenvalue weighted by Gasteiger charge is -2.06. The Morgan fingerprint density at radius 3 is 2.67 bits per heavy atom. The summed E-state index contributed by atoms with van der Waals surface area (Å²) < 4.78 is 38.4. The van der Waals surface area contributed by atoms with Gasteiger partial charge in [0.1, 0.15) is 5.69 Å². The second kappa shape index (κ2) is 5.40. The monoisotopic (exact) mass is 301 g/mol. The Hall–Kier alpha value is -2.62. The third kappa shape index (κ3) is 3.28. The first-order chi connectivity index (χ1) is 9.81. The molecule has 1 heterocycles. The molecule has 0 aliphatic rings. The quantitative estimate of drug-likeness (QED) is 0.512. The lowest BCUT2D eigenvalue weighted by Crippen LogP contribution is -2.10. The van der Waals surface area contributed by atoms with Gasteiger partial charge in [0.15, 0.2) is 0 Å². The molecule has 2 aromatic rings. The number of nitrogens with one attached hydrogen (secondary N) is 1. The molecule has 0 amide bonds. The molecule has 10 heteroatoms. The van der Waals surface area contributed by atoms with Gasteiger partial charge in [-0.15, -0.1) is 0 Å². The number of benzene rings is 1. The highest BCUT2D eigenvalue weighted by Gasteiger charge is 2.32. The smallest absolute Gasteiger partial charge is 0.318 e. The molecule has 0 atom stereocenters. The minimum Gasteiger partial charge on any atom is -0.318 e. The number of nitrogen functional groups attached to an aromatic ring is 1. The number of rotatable bonds is 4. The van der Waals surface area contributed by atoms with E-state index in [1.54, 1.807) is 0 Å². The van der Waals surface area contributed by atoms with E-state index in [0.717, 1.165) is 10.9 Å². The van der Waals surface area contributed by atoms with Crippen LogP contribution in [0.1, 0.15) is 11.1 Å². The van der Waals surface area contributed by atoms with Gasteiger partial charge in [0.05, 0.1) is 23.2 Å². The predicted octanol–water partition coefficient (Wildman–Crippen LogP) is 2.14. The van der Waals surface area contributed by atoms with Crippen LogP contribution in [-0.4, -0.2) is 14.7 Å². The van der Waals surface area contributed by atoms with Crippen LogP contribution < -0.4 is 11.3 Å². The van der Waals surface area contributed by atoms with Crippen LogP contribution in [0.15, 0.2) is 30.6 Å². The van der Waals surface area contributed by atoms with Crippen molar-refractivity contribution in [1.29, 1.82) is 0 Å². The van der Waals surface area contributed by atoms with Crippen LogP contribution >= 0.6 is 0 Å². The minimum absolute atomic E-state index is 0.0305. The molecule has 1 aromatic heterocycles. The number of hydrazine groups is 1. The number of halogens is 3. The second-order valence-corrected chi connectivity index (χ2v) is 4.18. The maximum Gasteiger partial charge on any atom is 0.419 e. The van der Waals surface area contributed by atoms with Crippen molar-refractivity contribution < 1.29 is 18.1 Å². The number of nitrogens with two attached hydrogens (primary N) is 1. The molecule has 21 heavy (non-hydrogen) atoms. The van der Waals surface area contributed by atoms with Crippen LogP contribution in [-0.2, 0) is 12.7 Å². The minimum atomic E-state index is -4.46. The van der Waals surface area contributed by atoms with Gasteiger partial charge in [-0.25, -0.2) is 0 Å². The molecule has 7 nitrogen and oxygen atoms in total. The molecule has 0 saturated heterocycles. The highest BCUT2D eigenvalue weighted by Crippen LogP contribution is 2.29. The maximum atomic E-state index is 12.4. The van der Waals surface area contributed by atoms with Crippen molar-refractivity contribution in [2.24, 2.45) is 5.84 Å². The largest absolute Gasteiger partial charge is 0.419 e. The summed E-state index contributed by atoms with van der Waals surface area (Å²) >= 11 is 0. The first kappa shape index (κ1) is 14.8. The van der Waals surface area contributed by atoms with Crippen molar-refractivity contribution in [1.82, 2.24) is 9.78 Å². The van der Waals surface area contributed by atoms with Crippen LogP contribution in [0.3, 0.4) is 0 Å². The zero-order valence-corrected chi connectivity index (χ0v) is 10.5. The predicted molar refractivity (Wildman–Crippen MR) is 67.2 cm³/mol. The summed E-state index contributed by atoms with van der Waals surface area (Å²) in [5.41, 5.74) is 1.69. The Bertz CT molecular complexity index is 668. The van der Waals surface area contributed by atoms with Gasteiger partial charge in [0.25, 0.3) is 5.69 Å². The molecule has 2 rings (SSSR count). The van der Waals surface area contributed by atoms with Crippen molar-refractivity contribution in [3.05, 3.63) is 51.8 Å². The average Bonchev–Trinajstić information content (AvgIpc) is 2.86. The van der Waals surface area contributed by atoms with E-state index in [-0.39, 0.29) is 17.9 Å². The normalized spacial score (nSPS) is 11.4. The third-order valence-corrected chi connectivity index (χ3v) is 2.72. The van der Waals surface area contributed by atoms with Crippen molar-refractivity contribution in [3.63, 3.8) is 0 Å². The summed E-state index contributed by atoms with van der Waals surface area (Å²) in [6.45, 7) is 0.0305. The van der Waals surface area contributed by atoms with Crippen LogP contribution in [0, 0.1) is 10.1 Å². The molecule has 0 aliphatic heterocycles. The number of hydrogen-bond donors (Lipinski definition) is 2. The lowest BCUT2D eigenvalue weighted by atomic mass is 10.1. The van der Waals surface area contributed by atoms with Gasteiger partial charge in [-0.3, -0.25) is 20.6 Å². The molecular formula is C11H10F3N5O2. The van der Waals surface area contributed by atoms with Gasteiger partial charge in [-0.1, -0.05) is 6.07 Å². The fourth-order valence-electron chi connectivity index (χ4n) is 1.74. The number of alkyl halides is 3. The zero-order valence-electron chi connectivity index (χ0n) is 10.5. The molecular weight excluding hydrogens is 291 g/mol. The Labute approximate surface area is 116 Å². The van der Waals surface area contributed by atoms with E-state index in [9.17, 15) is 23.3 Å². The summed E-state index contributed by atoms with van der Waals surface area (Å²) in [5, 5.41) is 14.3. The van der Waals surface area contributed by atoms with E-state index in [1.165, 1.54) is 18.2 Å². The van der Waals surface area contributed by atoms with E-state index in [0.29, 0.717) is 11.8 Å². The van der Waals surface area contributed by atoms with Crippen molar-refractivity contribution >= 4 is 11.4 Å². The van der Waals surface area contributed by atoms with Crippen LogP contribution in [0.5, 0.6) is 0 Å². The van der Waals surface area contributed by atoms with E-state index < -0.39 is 16.7 Å². The van der Waals surface area contributed by atoms with Crippen molar-refractivity contribution in [2.45, 2.75) is 12.7 Å². The molecule has 0 fully saturated rings. The number of nitrogens with zero attached hydrogens (tertiary/aromatic N) is 3. The fourth-order valence-corrected chi connectivity index (χ4v) is 1.74. The Balaban J connectivity index is 2.24. The summed E-state index contributed by atoms with van der Waals surface area (Å²) in [4.78, 5) is 10.1. The topological polar surface area (TPSA) is 99.0 Å². The summed E-state index contributed by atoms with van der Waals surface area (Å²) in [6, 6.07) is 4.03. The molecule has 1 aromatic carbocycles. The van der Waals surface area contributed by atoms with Gasteiger partial charge < -0.3 is 5.43 Å². The first-order valence-electron chi connectivity index (χ1n) is 5.65. The molecule has 0 bridgehead atoms. The summed E-state index contributed by atoms with van der Waals surface area (Å²) in [6.07, 6.45) is -2.89. The van der Waals surface area contributed by atoms with Crippen LogP contribution in [0.25, 0.3) is 0 Å². The van der Waals surface area contributed by atoms with Crippen LogP contribution in [0.4, 0.5) is 24.5 Å². The average molecular weight is 301 g/mol. The van der Waals surface area contributed by atoms with E-state index in [4.69, 9.17) is 5.84 Å². The summed E-state index contributed by atoms with van der Waals surface area (Å²) in [5.74, 6) is 5.19. The van der Waals surface area contributed by atoms with E-state index >= 15 is 0 Å². The molecule has 0 saturated carbocycles. The van der Waals surface area contributed by atoms with Gasteiger partial charge in [-0.05, 0) is 11.6 Å². The van der Waals surface area contributed by atoms with Gasteiger partial charge in [0, 0.05) is 12.3 Å². The van der Waals surface area contributed by atoms with E-state index in [1.807, 2.05) is 0 Å². The Morgan fingerprint density at radius 1 is 1.43 bits per heavy atom. The SMILES string of the molecule is NNc1cc(Cn2cc(C(F)(F)F)cn2)ccc1[N+](=O)[O-]. The number of anilines is 1. The third-order valence-electron chi connectivity index (χ3n) is 2.72. The van der Waals surface area contributed by atoms with Crippen LogP contribution in [0.2, 0.25) is 0 Å². The van der Waals surface area contributed by atoms with Gasteiger partial charge >= 0.3 is 6.18 Å². The maximum absolute atomic E-state index is 12.4. The zero-order chi connectivity index (χ0) is 15.6. The molecule has 0 aliphatic carbocycles. The Morgan fingerprint density at radius 2 is 2.14 bits per heavy atom. The van der Waals surface area contributed by atoms with Crippen molar-refractivity contribution in [2.75, 3.05) is 5.43 Å². The number of nitro benzene ring substituents is 1.